The number of rotatable bonds is 8. The van der Waals surface area contributed by atoms with Crippen LogP contribution in [0.4, 0.5) is 0 Å². The van der Waals surface area contributed by atoms with Crippen molar-refractivity contribution in [2.75, 3.05) is 13.2 Å². The summed E-state index contributed by atoms with van der Waals surface area (Å²) in [6.45, 7) is 3.21. The third kappa shape index (κ3) is 10.4. The molecule has 0 heterocycles. The summed E-state index contributed by atoms with van der Waals surface area (Å²) in [5.41, 5.74) is 21.2. The smallest absolute Gasteiger partial charge is 0.211 e. The molecular formula is C9H20N8O. The first-order chi connectivity index (χ1) is 8.56. The number of hydrogen-bond acceptors (Lipinski definition) is 5. The number of nitrogens with zero attached hydrogens (tertiary/aromatic N) is 4. The molecule has 0 aliphatic carbocycles. The Morgan fingerprint density at radius 2 is 1.72 bits per heavy atom. The minimum absolute atomic E-state index is 0.132. The van der Waals surface area contributed by atoms with Crippen molar-refractivity contribution in [1.82, 2.24) is 0 Å². The number of ether oxygens (including phenoxy) is 1. The molecule has 0 aromatic carbocycles. The van der Waals surface area contributed by atoms with Crippen LogP contribution in [0.1, 0.15) is 19.8 Å². The molecule has 0 aliphatic heterocycles. The van der Waals surface area contributed by atoms with Gasteiger partial charge in [0.1, 0.15) is 0 Å². The molecule has 9 heteroatoms. The molecule has 0 amide bonds. The van der Waals surface area contributed by atoms with Gasteiger partial charge in [0.25, 0.3) is 0 Å². The molecule has 18 heavy (non-hydrogen) atoms. The highest BCUT2D eigenvalue weighted by molar-refractivity contribution is 6.30. The zero-order valence-electron chi connectivity index (χ0n) is 10.4. The van der Waals surface area contributed by atoms with Crippen molar-refractivity contribution in [3.8, 4) is 0 Å². The second-order valence-corrected chi connectivity index (χ2v) is 3.19. The van der Waals surface area contributed by atoms with E-state index >= 15 is 0 Å². The summed E-state index contributed by atoms with van der Waals surface area (Å²) < 4.78 is 5.20. The van der Waals surface area contributed by atoms with E-state index < -0.39 is 0 Å². The van der Waals surface area contributed by atoms with Crippen LogP contribution in [-0.4, -0.2) is 37.1 Å². The molecular weight excluding hydrogens is 236 g/mol. The van der Waals surface area contributed by atoms with Gasteiger partial charge in [0.2, 0.25) is 11.9 Å². The molecule has 0 rings (SSSR count). The summed E-state index contributed by atoms with van der Waals surface area (Å²) in [5.74, 6) is -0.269. The largest absolute Gasteiger partial charge is 0.382 e. The highest BCUT2D eigenvalue weighted by atomic mass is 16.5. The van der Waals surface area contributed by atoms with Gasteiger partial charge in [-0.25, -0.2) is 0 Å². The Hall–Kier alpha value is -2.16. The van der Waals surface area contributed by atoms with Crippen molar-refractivity contribution in [2.45, 2.75) is 19.8 Å². The summed E-state index contributed by atoms with van der Waals surface area (Å²) >= 11 is 0. The van der Waals surface area contributed by atoms with Crippen molar-refractivity contribution >= 4 is 23.8 Å². The average molecular weight is 256 g/mol. The van der Waals surface area contributed by atoms with Crippen LogP contribution in [0.15, 0.2) is 20.4 Å². The fourth-order valence-electron chi connectivity index (χ4n) is 0.924. The molecule has 0 saturated heterocycles. The van der Waals surface area contributed by atoms with Gasteiger partial charge in [-0.05, 0) is 19.8 Å². The highest BCUT2D eigenvalue weighted by Gasteiger charge is 1.97. The van der Waals surface area contributed by atoms with Crippen LogP contribution in [0, 0.1) is 0 Å². The number of hydrogen-bond donors (Lipinski definition) is 4. The van der Waals surface area contributed by atoms with E-state index in [1.807, 2.05) is 6.92 Å². The Balaban J connectivity index is 4.43. The Labute approximate surface area is 106 Å². The predicted molar refractivity (Wildman–Crippen MR) is 73.3 cm³/mol. The average Bonchev–Trinajstić information content (AvgIpc) is 2.30. The van der Waals surface area contributed by atoms with Crippen molar-refractivity contribution < 1.29 is 4.74 Å². The quantitative estimate of drug-likeness (QED) is 0.183. The summed E-state index contributed by atoms with van der Waals surface area (Å²) in [6.07, 6.45) is 2.75. The van der Waals surface area contributed by atoms with E-state index in [1.54, 1.807) is 0 Å². The first-order valence-electron chi connectivity index (χ1n) is 5.41. The van der Waals surface area contributed by atoms with Crippen LogP contribution < -0.4 is 22.9 Å². The first-order valence-corrected chi connectivity index (χ1v) is 5.41. The summed E-state index contributed by atoms with van der Waals surface area (Å²) in [4.78, 5) is 0. The van der Waals surface area contributed by atoms with Gasteiger partial charge in [-0.15, -0.1) is 10.2 Å². The lowest BCUT2D eigenvalue weighted by atomic mass is 10.2. The third-order valence-corrected chi connectivity index (χ3v) is 1.60. The second-order valence-electron chi connectivity index (χ2n) is 3.19. The van der Waals surface area contributed by atoms with Crippen LogP contribution in [0.25, 0.3) is 0 Å². The minimum atomic E-state index is -0.137. The maximum Gasteiger partial charge on any atom is 0.211 e. The van der Waals surface area contributed by atoms with Crippen LogP contribution in [-0.2, 0) is 4.74 Å². The fourth-order valence-corrected chi connectivity index (χ4v) is 0.924. The lowest BCUT2D eigenvalue weighted by Gasteiger charge is -2.00. The van der Waals surface area contributed by atoms with Crippen LogP contribution >= 0.6 is 0 Å². The maximum absolute atomic E-state index is 5.20. The summed E-state index contributed by atoms with van der Waals surface area (Å²) in [6, 6.07) is 0. The van der Waals surface area contributed by atoms with Gasteiger partial charge in [0.05, 0.1) is 11.9 Å². The molecule has 9 nitrogen and oxygen atoms in total. The van der Waals surface area contributed by atoms with E-state index in [4.69, 9.17) is 27.7 Å². The lowest BCUT2D eigenvalue weighted by molar-refractivity contribution is 0.146. The van der Waals surface area contributed by atoms with Gasteiger partial charge in [-0.1, -0.05) is 0 Å². The van der Waals surface area contributed by atoms with E-state index in [0.29, 0.717) is 25.3 Å². The summed E-state index contributed by atoms with van der Waals surface area (Å²) in [7, 11) is 0. The Kier molecular flexibility index (Phi) is 8.82. The molecule has 102 valence electrons. The van der Waals surface area contributed by atoms with Crippen molar-refractivity contribution in [1.29, 1.82) is 0 Å². The van der Waals surface area contributed by atoms with Crippen LogP contribution in [0.3, 0.4) is 0 Å². The van der Waals surface area contributed by atoms with Crippen molar-refractivity contribution in [3.63, 3.8) is 0 Å². The van der Waals surface area contributed by atoms with E-state index in [2.05, 4.69) is 20.4 Å². The van der Waals surface area contributed by atoms with Crippen LogP contribution in [0.2, 0.25) is 0 Å². The first kappa shape index (κ1) is 15.8. The monoisotopic (exact) mass is 256 g/mol. The Morgan fingerprint density at radius 1 is 1.06 bits per heavy atom. The molecule has 0 fully saturated rings. The topological polar surface area (TPSA) is 163 Å². The Morgan fingerprint density at radius 3 is 2.28 bits per heavy atom. The van der Waals surface area contributed by atoms with Gasteiger partial charge >= 0.3 is 0 Å². The highest BCUT2D eigenvalue weighted by Crippen LogP contribution is 1.94. The molecule has 0 aromatic rings. The molecule has 0 unspecified atom stereocenters. The standard InChI is InChI=1S/C9H20N8O/c1-2-18-5-3-4-7(15-17-9(12)13)6-14-16-8(10)11/h6H,2-5H2,1H3,(H4,10,11,16)(H4,12,13,17). The predicted octanol–water partition coefficient (Wildman–Crippen LogP) is -1.31. The van der Waals surface area contributed by atoms with Gasteiger partial charge < -0.3 is 27.7 Å². The van der Waals surface area contributed by atoms with E-state index in [1.165, 1.54) is 6.21 Å². The Bertz CT molecular complexity index is 338. The molecule has 0 radical (unpaired) electrons. The molecule has 0 atom stereocenters. The third-order valence-electron chi connectivity index (χ3n) is 1.60. The van der Waals surface area contributed by atoms with Crippen molar-refractivity contribution in [3.05, 3.63) is 0 Å². The van der Waals surface area contributed by atoms with Crippen LogP contribution in [0.5, 0.6) is 0 Å². The molecule has 0 saturated carbocycles. The number of guanidine groups is 2. The fraction of sp³-hybridized carbons (Fsp3) is 0.556. The van der Waals surface area contributed by atoms with Gasteiger partial charge in [0, 0.05) is 13.2 Å². The molecule has 8 N–H and O–H groups in total. The SMILES string of the molecule is CCOCCCC(C=NN=C(N)N)=NN=C(N)N. The van der Waals surface area contributed by atoms with E-state index in [-0.39, 0.29) is 11.9 Å². The zero-order chi connectivity index (χ0) is 13.8. The van der Waals surface area contributed by atoms with Crippen molar-refractivity contribution in [2.24, 2.45) is 43.3 Å². The normalized spacial score (nSPS) is 11.5. The molecule has 0 spiro atoms. The van der Waals surface area contributed by atoms with Gasteiger partial charge in [-0.3, -0.25) is 0 Å². The summed E-state index contributed by atoms with van der Waals surface area (Å²) in [5, 5.41) is 14.4. The lowest BCUT2D eigenvalue weighted by Crippen LogP contribution is -2.22. The maximum atomic E-state index is 5.20. The molecule has 0 aromatic heterocycles. The second kappa shape index (κ2) is 10.0. The van der Waals surface area contributed by atoms with E-state index in [0.717, 1.165) is 6.42 Å². The zero-order valence-corrected chi connectivity index (χ0v) is 10.4. The number of nitrogens with two attached hydrogens (primary N) is 4. The van der Waals surface area contributed by atoms with Gasteiger partial charge in [0.15, 0.2) is 0 Å². The molecule has 0 aliphatic rings. The van der Waals surface area contributed by atoms with Gasteiger partial charge in [-0.2, -0.15) is 10.2 Å². The minimum Gasteiger partial charge on any atom is -0.382 e. The van der Waals surface area contributed by atoms with E-state index in [9.17, 15) is 0 Å². The molecule has 0 bridgehead atoms.